The van der Waals surface area contributed by atoms with Gasteiger partial charge in [0.1, 0.15) is 0 Å². The van der Waals surface area contributed by atoms with Crippen molar-refractivity contribution in [1.29, 1.82) is 0 Å². The Hall–Kier alpha value is -1.56. The van der Waals surface area contributed by atoms with Crippen molar-refractivity contribution in [1.82, 2.24) is 5.32 Å². The third-order valence-electron chi connectivity index (χ3n) is 3.46. The lowest BCUT2D eigenvalue weighted by Crippen LogP contribution is -2.43. The van der Waals surface area contributed by atoms with E-state index in [-0.39, 0.29) is 12.1 Å². The summed E-state index contributed by atoms with van der Waals surface area (Å²) in [6, 6.07) is 5.79. The molecule has 3 nitrogen and oxygen atoms in total. The lowest BCUT2D eigenvalue weighted by Gasteiger charge is -2.34. The minimum absolute atomic E-state index is 0.0250. The van der Waals surface area contributed by atoms with E-state index in [1.54, 1.807) is 6.07 Å². The Balaban J connectivity index is 2.32. The summed E-state index contributed by atoms with van der Waals surface area (Å²) in [5.74, 6) is -3.27. The van der Waals surface area contributed by atoms with Gasteiger partial charge in [0.25, 0.3) is 0 Å². The maximum absolute atomic E-state index is 13.0. The number of hydrogen-bond donors (Lipinski definition) is 2. The second kappa shape index (κ2) is 5.21. The van der Waals surface area contributed by atoms with Crippen LogP contribution in [0, 0.1) is 5.92 Å². The average molecular weight is 273 g/mol. The largest absolute Gasteiger partial charge is 0.478 e. The van der Waals surface area contributed by atoms with Crippen LogP contribution in [0.3, 0.4) is 0 Å². The van der Waals surface area contributed by atoms with Crippen LogP contribution in [0.5, 0.6) is 0 Å². The first-order valence-electron chi connectivity index (χ1n) is 6.00. The standard InChI is InChI=1S/C13H14F3NO2/c14-13(15,16)11-7-17-5-4-10(11)8-2-1-3-9(6-8)12(18)19/h1-3,6,10-11,17H,4-5,7H2,(H,18,19)/t10-,11+/m0/s1. The summed E-state index contributed by atoms with van der Waals surface area (Å²) >= 11 is 0. The highest BCUT2D eigenvalue weighted by atomic mass is 19.4. The molecule has 1 aromatic rings. The second-order valence-corrected chi connectivity index (χ2v) is 4.68. The molecule has 0 spiro atoms. The van der Waals surface area contributed by atoms with E-state index in [1.165, 1.54) is 18.2 Å². The lowest BCUT2D eigenvalue weighted by atomic mass is 9.80. The molecule has 2 atom stereocenters. The number of carbonyl (C=O) groups is 1. The number of nitrogens with one attached hydrogen (secondary N) is 1. The third-order valence-corrected chi connectivity index (χ3v) is 3.46. The molecule has 1 aliphatic rings. The molecule has 0 aliphatic carbocycles. The molecule has 104 valence electrons. The zero-order valence-electron chi connectivity index (χ0n) is 10.1. The van der Waals surface area contributed by atoms with Crippen LogP contribution in [-0.4, -0.2) is 30.3 Å². The Morgan fingerprint density at radius 1 is 1.37 bits per heavy atom. The van der Waals surface area contributed by atoms with Crippen LogP contribution in [0.4, 0.5) is 13.2 Å². The number of piperidine rings is 1. The first-order chi connectivity index (χ1) is 8.89. The molecule has 0 amide bonds. The fraction of sp³-hybridized carbons (Fsp3) is 0.462. The topological polar surface area (TPSA) is 49.3 Å². The van der Waals surface area contributed by atoms with Crippen LogP contribution < -0.4 is 5.32 Å². The van der Waals surface area contributed by atoms with Crippen molar-refractivity contribution in [3.63, 3.8) is 0 Å². The van der Waals surface area contributed by atoms with Crippen LogP contribution in [0.25, 0.3) is 0 Å². The van der Waals surface area contributed by atoms with Crippen LogP contribution in [0.2, 0.25) is 0 Å². The predicted molar refractivity (Wildman–Crippen MR) is 63.2 cm³/mol. The summed E-state index contributed by atoms with van der Waals surface area (Å²) in [5.41, 5.74) is 0.473. The molecule has 19 heavy (non-hydrogen) atoms. The number of halogens is 3. The number of benzene rings is 1. The summed E-state index contributed by atoms with van der Waals surface area (Å²) in [5, 5.41) is 11.6. The van der Waals surface area contributed by atoms with Crippen molar-refractivity contribution in [3.8, 4) is 0 Å². The summed E-state index contributed by atoms with van der Waals surface area (Å²) in [7, 11) is 0. The molecule has 1 fully saturated rings. The van der Waals surface area contributed by atoms with E-state index < -0.39 is 24.0 Å². The van der Waals surface area contributed by atoms with E-state index in [4.69, 9.17) is 5.11 Å². The van der Waals surface area contributed by atoms with Crippen molar-refractivity contribution in [2.75, 3.05) is 13.1 Å². The Morgan fingerprint density at radius 2 is 2.11 bits per heavy atom. The minimum Gasteiger partial charge on any atom is -0.478 e. The van der Waals surface area contributed by atoms with Crippen LogP contribution >= 0.6 is 0 Å². The fourth-order valence-corrected chi connectivity index (χ4v) is 2.50. The normalized spacial score (nSPS) is 24.2. The third kappa shape index (κ3) is 3.07. The van der Waals surface area contributed by atoms with Crippen molar-refractivity contribution in [2.24, 2.45) is 5.92 Å². The zero-order valence-corrected chi connectivity index (χ0v) is 10.1. The number of carboxylic acids is 1. The molecule has 1 aliphatic heterocycles. The van der Waals surface area contributed by atoms with Gasteiger partial charge in [0.05, 0.1) is 11.5 Å². The molecule has 1 aromatic carbocycles. The number of hydrogen-bond acceptors (Lipinski definition) is 2. The van der Waals surface area contributed by atoms with Gasteiger partial charge in [-0.1, -0.05) is 12.1 Å². The summed E-state index contributed by atoms with van der Waals surface area (Å²) in [4.78, 5) is 10.9. The molecule has 0 radical (unpaired) electrons. The predicted octanol–water partition coefficient (Wildman–Crippen LogP) is 2.64. The molecule has 2 rings (SSSR count). The van der Waals surface area contributed by atoms with Crippen LogP contribution in [-0.2, 0) is 0 Å². The van der Waals surface area contributed by atoms with Gasteiger partial charge in [-0.25, -0.2) is 4.79 Å². The Labute approximate surface area is 108 Å². The van der Waals surface area contributed by atoms with E-state index >= 15 is 0 Å². The lowest BCUT2D eigenvalue weighted by molar-refractivity contribution is -0.183. The summed E-state index contributed by atoms with van der Waals surface area (Å²) in [6.07, 6.45) is -3.93. The molecule has 1 saturated heterocycles. The van der Waals surface area contributed by atoms with E-state index in [2.05, 4.69) is 5.32 Å². The number of carboxylic acid groups (broad SMARTS) is 1. The van der Waals surface area contributed by atoms with E-state index in [9.17, 15) is 18.0 Å². The van der Waals surface area contributed by atoms with Crippen molar-refractivity contribution < 1.29 is 23.1 Å². The van der Waals surface area contributed by atoms with Gasteiger partial charge in [-0.15, -0.1) is 0 Å². The molecule has 0 aromatic heterocycles. The maximum Gasteiger partial charge on any atom is 0.393 e. The van der Waals surface area contributed by atoms with E-state index in [0.717, 1.165) is 0 Å². The average Bonchev–Trinajstić information content (AvgIpc) is 2.38. The van der Waals surface area contributed by atoms with Gasteiger partial charge in [-0.05, 0) is 36.6 Å². The Kier molecular flexibility index (Phi) is 3.80. The van der Waals surface area contributed by atoms with Crippen molar-refractivity contribution in [2.45, 2.75) is 18.5 Å². The maximum atomic E-state index is 13.0. The van der Waals surface area contributed by atoms with Gasteiger partial charge in [0.15, 0.2) is 0 Å². The molecule has 6 heteroatoms. The van der Waals surface area contributed by atoms with Crippen molar-refractivity contribution in [3.05, 3.63) is 35.4 Å². The summed E-state index contributed by atoms with van der Waals surface area (Å²) < 4.78 is 38.9. The highest BCUT2D eigenvalue weighted by Gasteiger charge is 2.46. The summed E-state index contributed by atoms with van der Waals surface area (Å²) in [6.45, 7) is 0.389. The zero-order chi connectivity index (χ0) is 14.0. The monoisotopic (exact) mass is 273 g/mol. The van der Waals surface area contributed by atoms with Gasteiger partial charge in [0.2, 0.25) is 0 Å². The molecular weight excluding hydrogens is 259 g/mol. The first kappa shape index (κ1) is 13.9. The van der Waals surface area contributed by atoms with Gasteiger partial charge in [-0.2, -0.15) is 13.2 Å². The smallest absolute Gasteiger partial charge is 0.393 e. The quantitative estimate of drug-likeness (QED) is 0.871. The number of rotatable bonds is 2. The van der Waals surface area contributed by atoms with Crippen LogP contribution in [0.15, 0.2) is 24.3 Å². The minimum atomic E-state index is -4.28. The van der Waals surface area contributed by atoms with Crippen molar-refractivity contribution >= 4 is 5.97 Å². The molecule has 0 bridgehead atoms. The van der Waals surface area contributed by atoms with Crippen LogP contribution in [0.1, 0.15) is 28.3 Å². The Bertz CT molecular complexity index is 473. The second-order valence-electron chi connectivity index (χ2n) is 4.68. The van der Waals surface area contributed by atoms with Gasteiger partial charge in [-0.3, -0.25) is 0 Å². The highest BCUT2D eigenvalue weighted by molar-refractivity contribution is 5.87. The highest BCUT2D eigenvalue weighted by Crippen LogP contribution is 2.40. The van der Waals surface area contributed by atoms with E-state index in [1.807, 2.05) is 0 Å². The Morgan fingerprint density at radius 3 is 2.74 bits per heavy atom. The van der Waals surface area contributed by atoms with Gasteiger partial charge < -0.3 is 10.4 Å². The fourth-order valence-electron chi connectivity index (χ4n) is 2.50. The van der Waals surface area contributed by atoms with Gasteiger partial charge >= 0.3 is 12.1 Å². The molecular formula is C13H14F3NO2. The number of aromatic carboxylic acids is 1. The first-order valence-corrected chi connectivity index (χ1v) is 6.00. The number of alkyl halides is 3. The SMILES string of the molecule is O=C(O)c1cccc([C@@H]2CCNC[C@H]2C(F)(F)F)c1. The van der Waals surface area contributed by atoms with E-state index in [0.29, 0.717) is 18.5 Å². The molecule has 1 heterocycles. The molecule has 2 N–H and O–H groups in total. The molecule has 0 unspecified atom stereocenters. The van der Waals surface area contributed by atoms with Gasteiger partial charge in [0, 0.05) is 6.54 Å². The molecule has 0 saturated carbocycles.